The largest absolute Gasteiger partial charge is 0.489 e. The second-order valence-electron chi connectivity index (χ2n) is 11.4. The molecule has 4 rings (SSSR count). The predicted molar refractivity (Wildman–Crippen MR) is 171 cm³/mol. The zero-order chi connectivity index (χ0) is 31.0. The van der Waals surface area contributed by atoms with Crippen molar-refractivity contribution in [3.05, 3.63) is 56.8 Å². The van der Waals surface area contributed by atoms with Gasteiger partial charge in [0.25, 0.3) is 5.91 Å². The van der Waals surface area contributed by atoms with Crippen molar-refractivity contribution in [3.8, 4) is 11.3 Å². The van der Waals surface area contributed by atoms with Gasteiger partial charge in [0.15, 0.2) is 5.82 Å². The topological polar surface area (TPSA) is 111 Å². The number of aromatic nitrogens is 1. The van der Waals surface area contributed by atoms with Crippen LogP contribution in [0.4, 0.5) is 10.2 Å². The highest BCUT2D eigenvalue weighted by Gasteiger charge is 2.51. The Bertz CT molecular complexity index is 1610. The number of benzene rings is 1. The van der Waals surface area contributed by atoms with Crippen molar-refractivity contribution in [1.82, 2.24) is 10.3 Å². The van der Waals surface area contributed by atoms with Crippen LogP contribution in [0.3, 0.4) is 0 Å². The fraction of sp³-hybridized carbons (Fsp3) is 0.448. The molecule has 1 amide bonds. The summed E-state index contributed by atoms with van der Waals surface area (Å²) in [6.45, 7) is 10.2. The molecule has 1 saturated heterocycles. The van der Waals surface area contributed by atoms with Crippen LogP contribution < -0.4 is 9.62 Å². The van der Waals surface area contributed by atoms with E-state index in [4.69, 9.17) is 13.7 Å². The lowest BCUT2D eigenvalue weighted by Gasteiger charge is -2.32. The molecular weight excluding hydrogens is 675 g/mol. The Morgan fingerprint density at radius 1 is 1.14 bits per heavy atom. The number of allylic oxidation sites excluding steroid dienone is 2. The van der Waals surface area contributed by atoms with Gasteiger partial charge >= 0.3 is 7.12 Å². The smallest absolute Gasteiger partial charge is 0.437 e. The number of furan rings is 1. The normalized spacial score (nSPS) is 16.7. The van der Waals surface area contributed by atoms with Crippen molar-refractivity contribution in [2.45, 2.75) is 65.1 Å². The molecule has 3 aromatic rings. The third kappa shape index (κ3) is 6.68. The number of carbonyl (C=O) groups is 1. The molecule has 1 aliphatic rings. The molecule has 1 N–H and O–H groups in total. The third-order valence-corrected chi connectivity index (χ3v) is 9.67. The first-order valence-corrected chi connectivity index (χ1v) is 16.6. The van der Waals surface area contributed by atoms with E-state index in [-0.39, 0.29) is 29.4 Å². The van der Waals surface area contributed by atoms with Crippen LogP contribution in [0.15, 0.2) is 46.3 Å². The second-order valence-corrected chi connectivity index (χ2v) is 14.5. The summed E-state index contributed by atoms with van der Waals surface area (Å²) in [4.78, 5) is 17.4. The molecule has 2 aromatic heterocycles. The van der Waals surface area contributed by atoms with Crippen molar-refractivity contribution in [2.24, 2.45) is 0 Å². The molecule has 13 heteroatoms. The molecule has 0 saturated carbocycles. The number of sulfonamides is 1. The van der Waals surface area contributed by atoms with Crippen LogP contribution in [0.2, 0.25) is 0 Å². The molecule has 0 aliphatic carbocycles. The molecule has 1 aromatic carbocycles. The lowest BCUT2D eigenvalue weighted by Crippen LogP contribution is -2.41. The van der Waals surface area contributed by atoms with Gasteiger partial charge in [0.1, 0.15) is 11.6 Å². The highest BCUT2D eigenvalue weighted by molar-refractivity contribution is 14.1. The molecule has 0 atom stereocenters. The minimum absolute atomic E-state index is 0.109. The van der Waals surface area contributed by atoms with E-state index in [0.29, 0.717) is 20.9 Å². The minimum Gasteiger partial charge on any atom is -0.437 e. The van der Waals surface area contributed by atoms with Gasteiger partial charge in [-0.1, -0.05) is 6.08 Å². The van der Waals surface area contributed by atoms with Gasteiger partial charge in [-0.05, 0) is 112 Å². The maximum atomic E-state index is 13.6. The SMILES string of the molecule is CNC(=O)c1c(-c2ccc(F)cc2)oc2nc(N(CCCC/C=C(\C)B3OC(C)(C)C(C)(C)O3)S(C)(=O)=O)c(I)cc12. The average molecular weight is 711 g/mol. The predicted octanol–water partition coefficient (Wildman–Crippen LogP) is 6.11. The number of hydrogen-bond donors (Lipinski definition) is 1. The quantitative estimate of drug-likeness (QED) is 0.154. The summed E-state index contributed by atoms with van der Waals surface area (Å²) in [5.74, 6) is -0.381. The Hall–Kier alpha value is -2.49. The summed E-state index contributed by atoms with van der Waals surface area (Å²) in [5, 5.41) is 3.03. The molecular formula is C29H36BFIN3O6S. The van der Waals surface area contributed by atoms with E-state index in [1.165, 1.54) is 35.6 Å². The molecule has 3 heterocycles. The first-order chi connectivity index (χ1) is 19.6. The van der Waals surface area contributed by atoms with E-state index in [2.05, 4.69) is 16.4 Å². The van der Waals surface area contributed by atoms with Crippen LogP contribution in [0.1, 0.15) is 64.2 Å². The number of anilines is 1. The molecule has 0 spiro atoms. The summed E-state index contributed by atoms with van der Waals surface area (Å²) in [6.07, 6.45) is 5.25. The Morgan fingerprint density at radius 3 is 2.33 bits per heavy atom. The highest BCUT2D eigenvalue weighted by Crippen LogP contribution is 2.39. The summed E-state index contributed by atoms with van der Waals surface area (Å²) in [5.41, 5.74) is 1.00. The number of fused-ring (bicyclic) bond motifs is 1. The number of pyridine rings is 1. The first-order valence-electron chi connectivity index (χ1n) is 13.7. The van der Waals surface area contributed by atoms with Gasteiger partial charge in [0.05, 0.1) is 32.0 Å². The van der Waals surface area contributed by atoms with Crippen LogP contribution in [0, 0.1) is 9.39 Å². The fourth-order valence-corrected chi connectivity index (χ4v) is 6.40. The number of carbonyl (C=O) groups excluding carboxylic acids is 1. The molecule has 0 unspecified atom stereocenters. The maximum Gasteiger partial charge on any atom is 0.489 e. The number of nitrogens with one attached hydrogen (secondary N) is 1. The van der Waals surface area contributed by atoms with Crippen molar-refractivity contribution in [3.63, 3.8) is 0 Å². The van der Waals surface area contributed by atoms with Gasteiger partial charge in [-0.25, -0.2) is 12.8 Å². The molecule has 42 heavy (non-hydrogen) atoms. The van der Waals surface area contributed by atoms with Gasteiger partial charge in [0, 0.05) is 19.2 Å². The number of amides is 1. The van der Waals surface area contributed by atoms with Gasteiger partial charge in [-0.2, -0.15) is 4.98 Å². The summed E-state index contributed by atoms with van der Waals surface area (Å²) in [7, 11) is -2.59. The molecule has 226 valence electrons. The number of nitrogens with zero attached hydrogens (tertiary/aromatic N) is 2. The fourth-order valence-electron chi connectivity index (χ4n) is 4.60. The van der Waals surface area contributed by atoms with Crippen LogP contribution >= 0.6 is 22.6 Å². The van der Waals surface area contributed by atoms with Gasteiger partial charge in [-0.3, -0.25) is 9.10 Å². The van der Waals surface area contributed by atoms with Crippen molar-refractivity contribution >= 4 is 62.6 Å². The Kier molecular flexibility index (Phi) is 9.46. The number of unbranched alkanes of at least 4 members (excludes halogenated alkanes) is 2. The molecule has 1 fully saturated rings. The minimum atomic E-state index is -3.68. The zero-order valence-corrected chi connectivity index (χ0v) is 27.9. The van der Waals surface area contributed by atoms with Crippen LogP contribution in [-0.2, 0) is 19.3 Å². The van der Waals surface area contributed by atoms with Crippen molar-refractivity contribution < 1.29 is 31.3 Å². The zero-order valence-electron chi connectivity index (χ0n) is 24.9. The Morgan fingerprint density at radius 2 is 1.76 bits per heavy atom. The molecule has 0 bridgehead atoms. The number of rotatable bonds is 10. The summed E-state index contributed by atoms with van der Waals surface area (Å²) < 4.78 is 59.3. The lowest BCUT2D eigenvalue weighted by molar-refractivity contribution is 0.00578. The van der Waals surface area contributed by atoms with Crippen LogP contribution in [0.5, 0.6) is 0 Å². The lowest BCUT2D eigenvalue weighted by atomic mass is 9.79. The van der Waals surface area contributed by atoms with Gasteiger partial charge in [-0.15, -0.1) is 0 Å². The summed E-state index contributed by atoms with van der Waals surface area (Å²) in [6, 6.07) is 7.26. The standard InChI is InChI=1S/C29H36BFIN3O6S/c1-18(30-40-28(2,3)29(4,5)41-30)11-9-8-10-16-35(42(7,37)38)25-22(32)17-21-23(26(36)33-6)24(39-27(21)34-25)19-12-14-20(31)15-13-19/h11-15,17H,8-10,16H2,1-7H3,(H,33,36)/b18-11+. The third-order valence-electron chi connectivity index (χ3n) is 7.72. The Labute approximate surface area is 260 Å². The van der Waals surface area contributed by atoms with Gasteiger partial charge < -0.3 is 19.0 Å². The van der Waals surface area contributed by atoms with Crippen LogP contribution in [0.25, 0.3) is 22.4 Å². The van der Waals surface area contributed by atoms with Gasteiger partial charge in [0.2, 0.25) is 15.7 Å². The van der Waals surface area contributed by atoms with Crippen molar-refractivity contribution in [1.29, 1.82) is 0 Å². The van der Waals surface area contributed by atoms with E-state index in [0.717, 1.165) is 24.6 Å². The van der Waals surface area contributed by atoms with E-state index in [9.17, 15) is 17.6 Å². The molecule has 9 nitrogen and oxygen atoms in total. The molecule has 0 radical (unpaired) electrons. The monoisotopic (exact) mass is 711 g/mol. The summed E-state index contributed by atoms with van der Waals surface area (Å²) >= 11 is 2.02. The van der Waals surface area contributed by atoms with E-state index in [1.807, 2.05) is 57.2 Å². The second kappa shape index (κ2) is 12.3. The average Bonchev–Trinajstić information content (AvgIpc) is 3.37. The van der Waals surface area contributed by atoms with E-state index >= 15 is 0 Å². The highest BCUT2D eigenvalue weighted by atomic mass is 127. The van der Waals surface area contributed by atoms with Crippen molar-refractivity contribution in [2.75, 3.05) is 24.2 Å². The van der Waals surface area contributed by atoms with Crippen LogP contribution in [-0.4, -0.2) is 57.5 Å². The molecule has 1 aliphatic heterocycles. The Balaban J connectivity index is 1.55. The maximum absolute atomic E-state index is 13.6. The number of hydrogen-bond acceptors (Lipinski definition) is 7. The first kappa shape index (κ1) is 32.4. The van der Waals surface area contributed by atoms with E-state index in [1.54, 1.807) is 6.07 Å². The number of halogens is 2. The van der Waals surface area contributed by atoms with E-state index < -0.39 is 40.1 Å².